The summed E-state index contributed by atoms with van der Waals surface area (Å²) in [4.78, 5) is 10.9. The SMILES string of the molecule is CCN(C1=NCC(C(C)C)O1)C1=NCC(C(C)C)O1. The van der Waals surface area contributed by atoms with Gasteiger partial charge in [0.05, 0.1) is 13.1 Å². The van der Waals surface area contributed by atoms with Crippen molar-refractivity contribution in [1.82, 2.24) is 4.90 Å². The zero-order valence-corrected chi connectivity index (χ0v) is 12.6. The molecule has 0 saturated carbocycles. The first kappa shape index (κ1) is 14.2. The van der Waals surface area contributed by atoms with Crippen LogP contribution in [0.4, 0.5) is 0 Å². The van der Waals surface area contributed by atoms with Crippen LogP contribution in [-0.4, -0.2) is 48.8 Å². The fourth-order valence-corrected chi connectivity index (χ4v) is 2.10. The Morgan fingerprint density at radius 2 is 1.42 bits per heavy atom. The van der Waals surface area contributed by atoms with Crippen LogP contribution in [0.25, 0.3) is 0 Å². The van der Waals surface area contributed by atoms with Gasteiger partial charge in [0.2, 0.25) is 0 Å². The van der Waals surface area contributed by atoms with Crippen molar-refractivity contribution in [3.63, 3.8) is 0 Å². The fourth-order valence-electron chi connectivity index (χ4n) is 2.10. The minimum Gasteiger partial charge on any atom is -0.459 e. The molecule has 0 aromatic rings. The lowest BCUT2D eigenvalue weighted by molar-refractivity contribution is 0.130. The van der Waals surface area contributed by atoms with Crippen LogP contribution in [0.5, 0.6) is 0 Å². The van der Waals surface area contributed by atoms with Gasteiger partial charge in [-0.05, 0) is 18.8 Å². The fraction of sp³-hybridized carbons (Fsp3) is 0.857. The second-order valence-corrected chi connectivity index (χ2v) is 5.79. The van der Waals surface area contributed by atoms with E-state index in [4.69, 9.17) is 9.47 Å². The van der Waals surface area contributed by atoms with Crippen LogP contribution in [0, 0.1) is 11.8 Å². The largest absolute Gasteiger partial charge is 0.459 e. The molecule has 5 nitrogen and oxygen atoms in total. The third kappa shape index (κ3) is 3.01. The van der Waals surface area contributed by atoms with Crippen LogP contribution in [0.15, 0.2) is 9.98 Å². The first-order valence-electron chi connectivity index (χ1n) is 7.22. The summed E-state index contributed by atoms with van der Waals surface area (Å²) in [6, 6.07) is 1.31. The Morgan fingerprint density at radius 3 is 1.68 bits per heavy atom. The lowest BCUT2D eigenvalue weighted by atomic mass is 10.1. The van der Waals surface area contributed by atoms with E-state index in [1.807, 2.05) is 4.90 Å². The normalized spacial score (nSPS) is 26.3. The molecule has 0 amide bonds. The summed E-state index contributed by atoms with van der Waals surface area (Å²) < 4.78 is 11.8. The number of amidine groups is 2. The maximum absolute atomic E-state index is 5.90. The number of hydrogen-bond acceptors (Lipinski definition) is 5. The Hall–Kier alpha value is -1.26. The topological polar surface area (TPSA) is 46.4 Å². The van der Waals surface area contributed by atoms with Crippen LogP contribution in [0.1, 0.15) is 34.6 Å². The van der Waals surface area contributed by atoms with E-state index in [0.29, 0.717) is 23.9 Å². The molecule has 0 N–H and O–H groups in total. The average molecular weight is 267 g/mol. The summed E-state index contributed by atoms with van der Waals surface area (Å²) in [5.41, 5.74) is 0. The van der Waals surface area contributed by atoms with E-state index >= 15 is 0 Å². The second kappa shape index (κ2) is 5.80. The van der Waals surface area contributed by atoms with E-state index in [1.54, 1.807) is 0 Å². The summed E-state index contributed by atoms with van der Waals surface area (Å²) in [6.07, 6.45) is 0.346. The predicted molar refractivity (Wildman–Crippen MR) is 76.4 cm³/mol. The van der Waals surface area contributed by atoms with E-state index in [2.05, 4.69) is 44.6 Å². The van der Waals surface area contributed by atoms with Gasteiger partial charge >= 0.3 is 0 Å². The average Bonchev–Trinajstić information content (AvgIpc) is 2.98. The Balaban J connectivity index is 1.99. The zero-order chi connectivity index (χ0) is 14.0. The van der Waals surface area contributed by atoms with E-state index in [9.17, 15) is 0 Å². The molecule has 2 atom stereocenters. The maximum Gasteiger partial charge on any atom is 0.296 e. The number of rotatable bonds is 3. The van der Waals surface area contributed by atoms with Gasteiger partial charge in [0, 0.05) is 6.54 Å². The smallest absolute Gasteiger partial charge is 0.296 e. The van der Waals surface area contributed by atoms with Gasteiger partial charge in [0.15, 0.2) is 0 Å². The second-order valence-electron chi connectivity index (χ2n) is 5.79. The standard InChI is InChI=1S/C14H25N3O2/c1-6-17(13-15-7-11(18-13)9(2)3)14-16-8-12(19-14)10(4)5/h9-12H,6-8H2,1-5H3. The molecule has 0 aliphatic carbocycles. The minimum absolute atomic E-state index is 0.173. The summed E-state index contributed by atoms with van der Waals surface area (Å²) in [5.74, 6) is 0.935. The van der Waals surface area contributed by atoms with Gasteiger partial charge in [0.1, 0.15) is 12.2 Å². The highest BCUT2D eigenvalue weighted by atomic mass is 16.5. The third-order valence-corrected chi connectivity index (χ3v) is 3.59. The molecule has 2 aliphatic heterocycles. The highest BCUT2D eigenvalue weighted by molar-refractivity contribution is 5.94. The summed E-state index contributed by atoms with van der Waals surface area (Å²) in [7, 11) is 0. The molecule has 2 unspecified atom stereocenters. The van der Waals surface area contributed by atoms with Crippen molar-refractivity contribution in [3.05, 3.63) is 0 Å². The molecule has 0 radical (unpaired) electrons. The molecule has 19 heavy (non-hydrogen) atoms. The van der Waals surface area contributed by atoms with E-state index in [-0.39, 0.29) is 12.2 Å². The number of ether oxygens (including phenoxy) is 2. The van der Waals surface area contributed by atoms with Crippen molar-refractivity contribution in [2.24, 2.45) is 21.8 Å². The molecule has 0 saturated heterocycles. The van der Waals surface area contributed by atoms with Gasteiger partial charge in [0.25, 0.3) is 12.0 Å². The van der Waals surface area contributed by atoms with Crippen molar-refractivity contribution in [1.29, 1.82) is 0 Å². The lowest BCUT2D eigenvalue weighted by Crippen LogP contribution is -2.39. The van der Waals surface area contributed by atoms with Gasteiger partial charge in [-0.15, -0.1) is 0 Å². The molecule has 108 valence electrons. The molecular weight excluding hydrogens is 242 g/mol. The third-order valence-electron chi connectivity index (χ3n) is 3.59. The molecule has 0 bridgehead atoms. The molecule has 0 aromatic heterocycles. The molecule has 2 aliphatic rings. The van der Waals surface area contributed by atoms with Crippen LogP contribution in [0.2, 0.25) is 0 Å². The minimum atomic E-state index is 0.173. The van der Waals surface area contributed by atoms with Crippen molar-refractivity contribution in [3.8, 4) is 0 Å². The number of hydrogen-bond donors (Lipinski definition) is 0. The van der Waals surface area contributed by atoms with E-state index in [0.717, 1.165) is 19.6 Å². The van der Waals surface area contributed by atoms with E-state index < -0.39 is 0 Å². The van der Waals surface area contributed by atoms with Crippen LogP contribution < -0.4 is 0 Å². The number of nitrogens with zero attached hydrogens (tertiary/aromatic N) is 3. The van der Waals surface area contributed by atoms with Gasteiger partial charge in [-0.1, -0.05) is 27.7 Å². The van der Waals surface area contributed by atoms with Gasteiger partial charge in [-0.2, -0.15) is 0 Å². The Kier molecular flexibility index (Phi) is 4.32. The summed E-state index contributed by atoms with van der Waals surface area (Å²) >= 11 is 0. The molecule has 2 heterocycles. The quantitative estimate of drug-likeness (QED) is 0.787. The van der Waals surface area contributed by atoms with Crippen LogP contribution in [-0.2, 0) is 9.47 Å². The van der Waals surface area contributed by atoms with Crippen LogP contribution >= 0.6 is 0 Å². The van der Waals surface area contributed by atoms with Gasteiger partial charge in [-0.25, -0.2) is 9.98 Å². The maximum atomic E-state index is 5.90. The first-order chi connectivity index (χ1) is 9.02. The molecule has 2 rings (SSSR count). The van der Waals surface area contributed by atoms with Gasteiger partial charge in [-0.3, -0.25) is 4.90 Å². The van der Waals surface area contributed by atoms with E-state index in [1.165, 1.54) is 0 Å². The van der Waals surface area contributed by atoms with Crippen molar-refractivity contribution >= 4 is 12.0 Å². The summed E-state index contributed by atoms with van der Waals surface area (Å²) in [5, 5.41) is 0. The number of aliphatic imine (C=N–C) groups is 2. The van der Waals surface area contributed by atoms with Gasteiger partial charge < -0.3 is 9.47 Å². The molecule has 5 heteroatoms. The van der Waals surface area contributed by atoms with Crippen molar-refractivity contribution in [2.45, 2.75) is 46.8 Å². The van der Waals surface area contributed by atoms with Crippen LogP contribution in [0.3, 0.4) is 0 Å². The monoisotopic (exact) mass is 267 g/mol. The molecule has 0 spiro atoms. The molecule has 0 fully saturated rings. The zero-order valence-electron chi connectivity index (χ0n) is 12.6. The first-order valence-corrected chi connectivity index (χ1v) is 7.22. The molecule has 0 aromatic carbocycles. The highest BCUT2D eigenvalue weighted by Gasteiger charge is 2.33. The molecular formula is C14H25N3O2. The Labute approximate surface area is 115 Å². The highest BCUT2D eigenvalue weighted by Crippen LogP contribution is 2.20. The van der Waals surface area contributed by atoms with Crippen molar-refractivity contribution in [2.75, 3.05) is 19.6 Å². The summed E-state index contributed by atoms with van der Waals surface area (Å²) in [6.45, 7) is 12.9. The van der Waals surface area contributed by atoms with Crippen molar-refractivity contribution < 1.29 is 9.47 Å². The Bertz CT molecular complexity index is 343. The lowest BCUT2D eigenvalue weighted by Gasteiger charge is -2.24. The Morgan fingerprint density at radius 1 is 1.00 bits per heavy atom. The predicted octanol–water partition coefficient (Wildman–Crippen LogP) is 2.13.